The van der Waals surface area contributed by atoms with Gasteiger partial charge in [-0.15, -0.1) is 0 Å². The number of aromatic nitrogens is 2. The van der Waals surface area contributed by atoms with Crippen molar-refractivity contribution in [3.05, 3.63) is 41.7 Å². The maximum Gasteiger partial charge on any atom is 0.410 e. The van der Waals surface area contributed by atoms with E-state index in [2.05, 4.69) is 15.7 Å². The number of alkyl halides is 3. The van der Waals surface area contributed by atoms with Crippen molar-refractivity contribution in [2.45, 2.75) is 89.3 Å². The zero-order valence-corrected chi connectivity index (χ0v) is 24.4. The third-order valence-corrected chi connectivity index (χ3v) is 9.08. The Bertz CT molecular complexity index is 1390. The summed E-state index contributed by atoms with van der Waals surface area (Å²) in [6, 6.07) is 2.88. The van der Waals surface area contributed by atoms with Crippen molar-refractivity contribution in [2.24, 2.45) is 17.8 Å². The molecule has 3 heterocycles. The van der Waals surface area contributed by atoms with E-state index in [-0.39, 0.29) is 23.8 Å². The fourth-order valence-electron chi connectivity index (χ4n) is 6.46. The number of carbonyl (C=O) groups excluding carboxylic acids is 3. The van der Waals surface area contributed by atoms with Gasteiger partial charge in [-0.2, -0.15) is 18.3 Å². The number of nitrogens with one attached hydrogen (secondary N) is 3. The summed E-state index contributed by atoms with van der Waals surface area (Å²) in [6.07, 6.45) is 1.08. The van der Waals surface area contributed by atoms with Crippen molar-refractivity contribution in [3.63, 3.8) is 0 Å². The first kappa shape index (κ1) is 29.3. The molecule has 4 atom stereocenters. The predicted molar refractivity (Wildman–Crippen MR) is 151 cm³/mol. The van der Waals surface area contributed by atoms with Crippen molar-refractivity contribution in [2.75, 3.05) is 11.9 Å². The highest BCUT2D eigenvalue weighted by molar-refractivity contribution is 6.01. The summed E-state index contributed by atoms with van der Waals surface area (Å²) in [6.45, 7) is 5.07. The predicted octanol–water partition coefficient (Wildman–Crippen LogP) is 4.29. The number of hydrogen-bond acceptors (Lipinski definition) is 5. The number of halogens is 3. The number of fused-ring (bicyclic) bond motifs is 1. The van der Waals surface area contributed by atoms with Gasteiger partial charge in [-0.1, -0.05) is 6.07 Å². The molecule has 4 amide bonds. The lowest BCUT2D eigenvalue weighted by molar-refractivity contribution is -0.150. The van der Waals surface area contributed by atoms with Gasteiger partial charge >= 0.3 is 12.2 Å². The van der Waals surface area contributed by atoms with E-state index in [0.717, 1.165) is 36.1 Å². The molecule has 1 saturated heterocycles. The Morgan fingerprint density at radius 1 is 1.09 bits per heavy atom. The van der Waals surface area contributed by atoms with Gasteiger partial charge in [-0.25, -0.2) is 4.79 Å². The molecule has 13 heteroatoms. The molecule has 2 aromatic rings. The van der Waals surface area contributed by atoms with Crippen LogP contribution in [-0.4, -0.2) is 69.5 Å². The van der Waals surface area contributed by atoms with Crippen molar-refractivity contribution in [1.82, 2.24) is 25.3 Å². The van der Waals surface area contributed by atoms with Crippen LogP contribution in [0.2, 0.25) is 0 Å². The second-order valence-corrected chi connectivity index (χ2v) is 12.6. The van der Waals surface area contributed by atoms with Gasteiger partial charge in [0.1, 0.15) is 29.6 Å². The number of urea groups is 1. The van der Waals surface area contributed by atoms with E-state index in [1.54, 1.807) is 36.0 Å². The second-order valence-electron chi connectivity index (χ2n) is 12.6. The molecular weight excluding hydrogens is 565 g/mol. The summed E-state index contributed by atoms with van der Waals surface area (Å²) in [7, 11) is 0. The first-order valence-electron chi connectivity index (χ1n) is 15.0. The van der Waals surface area contributed by atoms with Crippen molar-refractivity contribution < 1.29 is 32.3 Å². The summed E-state index contributed by atoms with van der Waals surface area (Å²) >= 11 is 0. The van der Waals surface area contributed by atoms with E-state index in [1.165, 1.54) is 0 Å². The van der Waals surface area contributed by atoms with Gasteiger partial charge in [0, 0.05) is 30.4 Å². The summed E-state index contributed by atoms with van der Waals surface area (Å²) in [5.74, 6) is 0.687. The SMILES string of the molecule is CC(C1Cc2ccc(NC(=O)[C@@H](NC(=O)c3ccnn3C(C)C)C(C3CC3)C3CC3)cc2O1)N1C[C@@H](C(F)(F)F)NC1=O. The van der Waals surface area contributed by atoms with Gasteiger partial charge in [0.25, 0.3) is 5.91 Å². The summed E-state index contributed by atoms with van der Waals surface area (Å²) in [4.78, 5) is 40.6. The molecule has 6 rings (SSSR count). The van der Waals surface area contributed by atoms with Crippen LogP contribution in [0.3, 0.4) is 0 Å². The minimum absolute atomic E-state index is 0.0189. The molecule has 1 aromatic carbocycles. The Balaban J connectivity index is 1.15. The van der Waals surface area contributed by atoms with Crippen molar-refractivity contribution in [1.29, 1.82) is 0 Å². The Morgan fingerprint density at radius 2 is 1.79 bits per heavy atom. The van der Waals surface area contributed by atoms with E-state index in [4.69, 9.17) is 4.74 Å². The van der Waals surface area contributed by atoms with Gasteiger partial charge in [0.05, 0.1) is 12.6 Å². The number of nitrogens with zero attached hydrogens (tertiary/aromatic N) is 3. The average molecular weight is 603 g/mol. The molecule has 1 aromatic heterocycles. The lowest BCUT2D eigenvalue weighted by atomic mass is 9.88. The molecule has 43 heavy (non-hydrogen) atoms. The van der Waals surface area contributed by atoms with Crippen LogP contribution in [0.5, 0.6) is 5.75 Å². The average Bonchev–Trinajstić information content (AvgIpc) is 3.82. The minimum atomic E-state index is -4.53. The van der Waals surface area contributed by atoms with E-state index < -0.39 is 43.0 Å². The number of amides is 4. The van der Waals surface area contributed by atoms with Gasteiger partial charge in [0.2, 0.25) is 5.91 Å². The number of benzene rings is 1. The zero-order chi connectivity index (χ0) is 30.6. The van der Waals surface area contributed by atoms with Crippen LogP contribution >= 0.6 is 0 Å². The van der Waals surface area contributed by atoms with E-state index in [9.17, 15) is 27.6 Å². The van der Waals surface area contributed by atoms with Crippen molar-refractivity contribution >= 4 is 23.5 Å². The molecule has 2 aliphatic carbocycles. The molecule has 3 N–H and O–H groups in total. The van der Waals surface area contributed by atoms with Crippen molar-refractivity contribution in [3.8, 4) is 5.75 Å². The minimum Gasteiger partial charge on any atom is -0.488 e. The Kier molecular flexibility index (Phi) is 7.54. The Morgan fingerprint density at radius 3 is 2.40 bits per heavy atom. The van der Waals surface area contributed by atoms with Gasteiger partial charge in [0.15, 0.2) is 0 Å². The number of hydrogen-bond donors (Lipinski definition) is 3. The molecule has 2 unspecified atom stereocenters. The normalized spacial score (nSPS) is 23.2. The first-order valence-corrected chi connectivity index (χ1v) is 15.0. The van der Waals surface area contributed by atoms with E-state index in [1.807, 2.05) is 25.2 Å². The standard InChI is InChI=1S/C30H37F3N6O4/c1-15(2)39-21(10-11-34-39)27(40)37-26(25(17-4-5-17)18-6-7-18)28(41)35-20-9-8-19-12-22(43-23(19)13-20)16(3)38-14-24(30(31,32)33)36-29(38)42/h8-11,13,15-18,22,24-26H,4-7,12,14H2,1-3H3,(H,35,41)(H,36,42)(H,37,40)/t16?,22?,24-,26-/m0/s1. The molecule has 0 bridgehead atoms. The largest absolute Gasteiger partial charge is 0.488 e. The molecule has 3 fully saturated rings. The maximum atomic E-state index is 13.8. The van der Waals surface area contributed by atoms with Crippen LogP contribution in [0.15, 0.2) is 30.5 Å². The summed E-state index contributed by atoms with van der Waals surface area (Å²) < 4.78 is 47.2. The smallest absolute Gasteiger partial charge is 0.410 e. The quantitative estimate of drug-likeness (QED) is 0.375. The Hall–Kier alpha value is -3.77. The summed E-state index contributed by atoms with van der Waals surface area (Å²) in [5, 5.41) is 12.3. The molecule has 2 aliphatic heterocycles. The maximum absolute atomic E-state index is 13.8. The topological polar surface area (TPSA) is 118 Å². The molecule has 0 spiro atoms. The highest BCUT2D eigenvalue weighted by atomic mass is 19.4. The van der Waals surface area contributed by atoms with Gasteiger partial charge < -0.3 is 25.6 Å². The highest BCUT2D eigenvalue weighted by Crippen LogP contribution is 2.51. The molecule has 10 nitrogen and oxygen atoms in total. The lowest BCUT2D eigenvalue weighted by Crippen LogP contribution is -2.50. The van der Waals surface area contributed by atoms with Crippen LogP contribution in [0, 0.1) is 17.8 Å². The van der Waals surface area contributed by atoms with Gasteiger partial charge in [-0.05, 0) is 81.9 Å². The van der Waals surface area contributed by atoms with Crippen LogP contribution in [0.4, 0.5) is 23.7 Å². The zero-order valence-electron chi connectivity index (χ0n) is 24.4. The summed E-state index contributed by atoms with van der Waals surface area (Å²) in [5.41, 5.74) is 1.73. The molecule has 232 valence electrons. The molecule has 4 aliphatic rings. The molecule has 2 saturated carbocycles. The number of rotatable bonds is 10. The fraction of sp³-hybridized carbons (Fsp3) is 0.600. The van der Waals surface area contributed by atoms with Crippen LogP contribution in [0.1, 0.15) is 68.5 Å². The monoisotopic (exact) mass is 602 g/mol. The Labute approximate surface area is 247 Å². The third-order valence-electron chi connectivity index (χ3n) is 9.08. The third kappa shape index (κ3) is 6.03. The number of anilines is 1. The second kappa shape index (κ2) is 11.1. The molecule has 0 radical (unpaired) electrons. The molecular formula is C30H37F3N6O4. The van der Waals surface area contributed by atoms with Gasteiger partial charge in [-0.3, -0.25) is 14.3 Å². The van der Waals surface area contributed by atoms with E-state index >= 15 is 0 Å². The fourth-order valence-corrected chi connectivity index (χ4v) is 6.46. The van der Waals surface area contributed by atoms with Crippen LogP contribution < -0.4 is 20.7 Å². The number of ether oxygens (including phenoxy) is 1. The van der Waals surface area contributed by atoms with Crippen LogP contribution in [-0.2, 0) is 11.2 Å². The van der Waals surface area contributed by atoms with Crippen LogP contribution in [0.25, 0.3) is 0 Å². The highest BCUT2D eigenvalue weighted by Gasteiger charge is 2.50. The number of carbonyl (C=O) groups is 3. The lowest BCUT2D eigenvalue weighted by Gasteiger charge is -2.28. The first-order chi connectivity index (χ1) is 20.4. The van der Waals surface area contributed by atoms with E-state index in [0.29, 0.717) is 35.4 Å².